The van der Waals surface area contributed by atoms with Gasteiger partial charge in [0, 0.05) is 16.5 Å². The summed E-state index contributed by atoms with van der Waals surface area (Å²) < 4.78 is -0.633. The zero-order valence-electron chi connectivity index (χ0n) is 10.2. The first-order chi connectivity index (χ1) is 8.39. The largest absolute Gasteiger partial charge is 0.507 e. The van der Waals surface area contributed by atoms with Gasteiger partial charge in [-0.2, -0.15) is 0 Å². The minimum Gasteiger partial charge on any atom is -0.507 e. The van der Waals surface area contributed by atoms with Crippen LogP contribution in [0.4, 0.5) is 5.69 Å². The summed E-state index contributed by atoms with van der Waals surface area (Å²) in [5, 5.41) is 14.2. The molecule has 0 atom stereocenters. The Morgan fingerprint density at radius 2 is 1.78 bits per heavy atom. The number of hydrogen-bond acceptors (Lipinski definition) is 2. The molecule has 2 rings (SSSR count). The summed E-state index contributed by atoms with van der Waals surface area (Å²) in [5.41, 5.74) is 0.695. The maximum atomic E-state index is 11.9. The third-order valence-electron chi connectivity index (χ3n) is 2.69. The first-order valence-electron chi connectivity index (χ1n) is 5.60. The van der Waals surface area contributed by atoms with Crippen molar-refractivity contribution in [2.75, 3.05) is 5.32 Å². The van der Waals surface area contributed by atoms with Gasteiger partial charge >= 0.3 is 0 Å². The number of carbonyl (C=O) groups is 1. The smallest absolute Gasteiger partial charge is 0.240 e. The molecule has 2 N–H and O–H groups in total. The van der Waals surface area contributed by atoms with Gasteiger partial charge in [-0.05, 0) is 26.0 Å². The molecule has 0 unspecified atom stereocenters. The molecule has 94 valence electrons. The third kappa shape index (κ3) is 2.48. The predicted molar refractivity (Wildman–Crippen MR) is 77.2 cm³/mol. The zero-order valence-corrected chi connectivity index (χ0v) is 11.8. The van der Waals surface area contributed by atoms with Gasteiger partial charge in [0.25, 0.3) is 0 Å². The molecule has 0 aliphatic carbocycles. The summed E-state index contributed by atoms with van der Waals surface area (Å²) >= 11 is 3.32. The summed E-state index contributed by atoms with van der Waals surface area (Å²) in [6.45, 7) is 3.57. The Balaban J connectivity index is 2.47. The Hall–Kier alpha value is -1.55. The number of anilines is 1. The molecule has 3 nitrogen and oxygen atoms in total. The number of benzene rings is 2. The summed E-state index contributed by atoms with van der Waals surface area (Å²) in [5.74, 6) is 0.0834. The second-order valence-electron chi connectivity index (χ2n) is 4.60. The number of amides is 1. The number of nitrogens with one attached hydrogen (secondary N) is 1. The average molecular weight is 308 g/mol. The van der Waals surface area contributed by atoms with Crippen molar-refractivity contribution in [1.29, 1.82) is 0 Å². The molecule has 0 aliphatic rings. The quantitative estimate of drug-likeness (QED) is 0.832. The van der Waals surface area contributed by atoms with Crippen molar-refractivity contribution >= 4 is 38.3 Å². The molecule has 0 fully saturated rings. The number of phenolic OH excluding ortho intramolecular Hbond substituents is 1. The number of fused-ring (bicyclic) bond motifs is 1. The fourth-order valence-corrected chi connectivity index (χ4v) is 1.77. The maximum Gasteiger partial charge on any atom is 0.240 e. The molecule has 0 aliphatic heterocycles. The number of halogens is 1. The van der Waals surface area contributed by atoms with Crippen LogP contribution >= 0.6 is 15.9 Å². The number of rotatable bonds is 2. The molecule has 0 aromatic heterocycles. The zero-order chi connectivity index (χ0) is 13.3. The van der Waals surface area contributed by atoms with Crippen LogP contribution in [0.25, 0.3) is 10.8 Å². The maximum absolute atomic E-state index is 11.9. The molecular weight excluding hydrogens is 294 g/mol. The van der Waals surface area contributed by atoms with Crippen LogP contribution in [0.2, 0.25) is 0 Å². The normalized spacial score (nSPS) is 11.5. The van der Waals surface area contributed by atoms with Crippen molar-refractivity contribution in [3.8, 4) is 5.75 Å². The summed E-state index contributed by atoms with van der Waals surface area (Å²) in [6.07, 6.45) is 0. The molecule has 0 saturated carbocycles. The highest BCUT2D eigenvalue weighted by Gasteiger charge is 2.24. The Labute approximate surface area is 114 Å². The highest BCUT2D eigenvalue weighted by Crippen LogP contribution is 2.30. The topological polar surface area (TPSA) is 49.3 Å². The molecule has 1 amide bonds. The fraction of sp³-hybridized carbons (Fsp3) is 0.214. The van der Waals surface area contributed by atoms with Gasteiger partial charge in [0.2, 0.25) is 5.91 Å². The molecule has 0 radical (unpaired) electrons. The van der Waals surface area contributed by atoms with Crippen LogP contribution in [0.5, 0.6) is 5.75 Å². The van der Waals surface area contributed by atoms with Gasteiger partial charge in [-0.25, -0.2) is 0 Å². The lowest BCUT2D eigenvalue weighted by molar-refractivity contribution is -0.117. The van der Waals surface area contributed by atoms with E-state index >= 15 is 0 Å². The van der Waals surface area contributed by atoms with Gasteiger partial charge in [-0.1, -0.05) is 40.2 Å². The number of alkyl halides is 1. The molecule has 2 aromatic carbocycles. The second kappa shape index (κ2) is 4.61. The van der Waals surface area contributed by atoms with E-state index in [1.165, 1.54) is 0 Å². The molecule has 0 spiro atoms. The van der Waals surface area contributed by atoms with E-state index < -0.39 is 4.32 Å². The van der Waals surface area contributed by atoms with Crippen molar-refractivity contribution < 1.29 is 9.90 Å². The Kier molecular flexibility index (Phi) is 3.30. The van der Waals surface area contributed by atoms with E-state index in [0.29, 0.717) is 5.69 Å². The van der Waals surface area contributed by atoms with Crippen LogP contribution < -0.4 is 5.32 Å². The molecule has 18 heavy (non-hydrogen) atoms. The van der Waals surface area contributed by atoms with E-state index in [9.17, 15) is 9.90 Å². The minimum absolute atomic E-state index is 0.127. The fourth-order valence-electron chi connectivity index (χ4n) is 1.67. The lowest BCUT2D eigenvalue weighted by Gasteiger charge is -2.17. The van der Waals surface area contributed by atoms with Crippen LogP contribution in [0.15, 0.2) is 36.4 Å². The van der Waals surface area contributed by atoms with Gasteiger partial charge in [0.05, 0.1) is 4.32 Å². The van der Waals surface area contributed by atoms with Gasteiger partial charge in [-0.15, -0.1) is 0 Å². The van der Waals surface area contributed by atoms with Crippen molar-refractivity contribution in [1.82, 2.24) is 0 Å². The van der Waals surface area contributed by atoms with Crippen LogP contribution in [0, 0.1) is 0 Å². The van der Waals surface area contributed by atoms with Crippen molar-refractivity contribution in [3.63, 3.8) is 0 Å². The Morgan fingerprint density at radius 1 is 1.17 bits per heavy atom. The predicted octanol–water partition coefficient (Wildman–Crippen LogP) is 3.66. The van der Waals surface area contributed by atoms with E-state index in [4.69, 9.17) is 0 Å². The molecular formula is C14H14BrNO2. The van der Waals surface area contributed by atoms with E-state index in [-0.39, 0.29) is 11.7 Å². The van der Waals surface area contributed by atoms with E-state index in [1.807, 2.05) is 18.2 Å². The Morgan fingerprint density at radius 3 is 2.44 bits per heavy atom. The Bertz CT molecular complexity index is 602. The second-order valence-corrected chi connectivity index (χ2v) is 6.59. The molecule has 2 aromatic rings. The van der Waals surface area contributed by atoms with Crippen LogP contribution in [-0.2, 0) is 4.79 Å². The number of carbonyl (C=O) groups excluding carboxylic acids is 1. The van der Waals surface area contributed by atoms with Gasteiger partial charge < -0.3 is 10.4 Å². The number of aromatic hydroxyl groups is 1. The highest BCUT2D eigenvalue weighted by molar-refractivity contribution is 9.10. The lowest BCUT2D eigenvalue weighted by atomic mass is 10.1. The van der Waals surface area contributed by atoms with Gasteiger partial charge in [0.15, 0.2) is 0 Å². The molecule has 0 bridgehead atoms. The first kappa shape index (κ1) is 12.9. The standard InChI is InChI=1S/C14H14BrNO2/c1-14(2,15)13(18)16-11-7-3-6-10-9(11)5-4-8-12(10)17/h3-8,17H,1-2H3,(H,16,18). The third-order valence-corrected chi connectivity index (χ3v) is 3.05. The SMILES string of the molecule is CC(C)(Br)C(=O)Nc1cccc2c(O)cccc12. The minimum atomic E-state index is -0.633. The van der Waals surface area contributed by atoms with Crippen LogP contribution in [0.1, 0.15) is 13.8 Å². The van der Waals surface area contributed by atoms with E-state index in [0.717, 1.165) is 10.8 Å². The van der Waals surface area contributed by atoms with Gasteiger partial charge in [0.1, 0.15) is 5.75 Å². The van der Waals surface area contributed by atoms with Crippen molar-refractivity contribution in [3.05, 3.63) is 36.4 Å². The number of hydrogen-bond donors (Lipinski definition) is 2. The molecule has 4 heteroatoms. The lowest BCUT2D eigenvalue weighted by Crippen LogP contribution is -2.31. The molecule has 0 heterocycles. The van der Waals surface area contributed by atoms with Crippen LogP contribution in [-0.4, -0.2) is 15.3 Å². The monoisotopic (exact) mass is 307 g/mol. The summed E-state index contributed by atoms with van der Waals surface area (Å²) in [4.78, 5) is 11.9. The number of phenols is 1. The molecule has 0 saturated heterocycles. The summed E-state index contributed by atoms with van der Waals surface area (Å²) in [6, 6.07) is 10.7. The van der Waals surface area contributed by atoms with Gasteiger partial charge in [-0.3, -0.25) is 4.79 Å². The summed E-state index contributed by atoms with van der Waals surface area (Å²) in [7, 11) is 0. The average Bonchev–Trinajstić information content (AvgIpc) is 2.29. The highest BCUT2D eigenvalue weighted by atomic mass is 79.9. The first-order valence-corrected chi connectivity index (χ1v) is 6.40. The van der Waals surface area contributed by atoms with Crippen molar-refractivity contribution in [2.45, 2.75) is 18.2 Å². The van der Waals surface area contributed by atoms with E-state index in [2.05, 4.69) is 21.2 Å². The van der Waals surface area contributed by atoms with Crippen LogP contribution in [0.3, 0.4) is 0 Å². The van der Waals surface area contributed by atoms with E-state index in [1.54, 1.807) is 32.0 Å². The van der Waals surface area contributed by atoms with Crippen molar-refractivity contribution in [2.24, 2.45) is 0 Å².